The Labute approximate surface area is 163 Å². The Morgan fingerprint density at radius 1 is 1.30 bits per heavy atom. The van der Waals surface area contributed by atoms with Gasteiger partial charge in [-0.2, -0.15) is 0 Å². The average Bonchev–Trinajstić information content (AvgIpc) is 2.94. The molecule has 0 bridgehead atoms. The minimum Gasteiger partial charge on any atom is -0.480 e. The van der Waals surface area contributed by atoms with Crippen LogP contribution in [0.25, 0.3) is 0 Å². The van der Waals surface area contributed by atoms with Crippen LogP contribution in [0.15, 0.2) is 48.7 Å². The fraction of sp³-hybridized carbons (Fsp3) is 0.350. The van der Waals surface area contributed by atoms with Crippen molar-refractivity contribution in [3.63, 3.8) is 0 Å². The van der Waals surface area contributed by atoms with Gasteiger partial charge in [-0.1, -0.05) is 29.8 Å². The lowest BCUT2D eigenvalue weighted by atomic mass is 9.89. The van der Waals surface area contributed by atoms with Crippen LogP contribution in [0.1, 0.15) is 30.6 Å². The highest BCUT2D eigenvalue weighted by molar-refractivity contribution is 6.30. The molecule has 0 spiro atoms. The molecular formula is C20H22ClN3O3. The standard InChI is InChI=1S/C20H22ClN3O3/c1-20(19(26)27)11-16(18(25)23-12-15-5-3-4-10-22-15)17(24(20)2)13-6-8-14(21)9-7-13/h3-10,16-17H,11-12H2,1-2H3,(H,23,25)(H,26,27)/t16-,17-,20-/m0/s1. The van der Waals surface area contributed by atoms with Crippen molar-refractivity contribution in [2.75, 3.05) is 7.05 Å². The van der Waals surface area contributed by atoms with Crippen molar-refractivity contribution in [1.82, 2.24) is 15.2 Å². The number of benzene rings is 1. The summed E-state index contributed by atoms with van der Waals surface area (Å²) in [6.07, 6.45) is 1.89. The molecule has 1 saturated heterocycles. The molecule has 2 N–H and O–H groups in total. The van der Waals surface area contributed by atoms with Crippen molar-refractivity contribution in [3.05, 3.63) is 64.9 Å². The van der Waals surface area contributed by atoms with Crippen LogP contribution in [0.2, 0.25) is 5.02 Å². The molecule has 1 aliphatic heterocycles. The van der Waals surface area contributed by atoms with Crippen molar-refractivity contribution >= 4 is 23.5 Å². The fourth-order valence-corrected chi connectivity index (χ4v) is 3.79. The van der Waals surface area contributed by atoms with Crippen molar-refractivity contribution in [2.24, 2.45) is 5.92 Å². The first kappa shape index (κ1) is 19.3. The highest BCUT2D eigenvalue weighted by Crippen LogP contribution is 2.46. The number of hydrogen-bond acceptors (Lipinski definition) is 4. The summed E-state index contributed by atoms with van der Waals surface area (Å²) in [6, 6.07) is 12.3. The third-order valence-electron chi connectivity index (χ3n) is 5.37. The van der Waals surface area contributed by atoms with Gasteiger partial charge in [0.05, 0.1) is 18.2 Å². The number of carboxylic acids is 1. The summed E-state index contributed by atoms with van der Waals surface area (Å²) in [5.74, 6) is -1.62. The minimum atomic E-state index is -1.13. The number of halogens is 1. The van der Waals surface area contributed by atoms with E-state index >= 15 is 0 Å². The number of hydrogen-bond donors (Lipinski definition) is 2. The second-order valence-electron chi connectivity index (χ2n) is 7.04. The van der Waals surface area contributed by atoms with Gasteiger partial charge in [0, 0.05) is 17.3 Å². The molecule has 1 aliphatic rings. The number of carbonyl (C=O) groups is 2. The van der Waals surface area contributed by atoms with E-state index in [0.717, 1.165) is 11.3 Å². The first-order valence-corrected chi connectivity index (χ1v) is 9.10. The Morgan fingerprint density at radius 3 is 2.59 bits per heavy atom. The van der Waals surface area contributed by atoms with Gasteiger partial charge in [0.15, 0.2) is 0 Å². The molecule has 2 heterocycles. The number of likely N-dealkylation sites (tertiary alicyclic amines) is 1. The lowest BCUT2D eigenvalue weighted by Crippen LogP contribution is -2.46. The zero-order valence-electron chi connectivity index (χ0n) is 15.2. The first-order chi connectivity index (χ1) is 12.8. The normalized spacial score (nSPS) is 25.3. The monoisotopic (exact) mass is 387 g/mol. The number of aliphatic carboxylic acids is 1. The minimum absolute atomic E-state index is 0.183. The number of amides is 1. The van der Waals surface area contributed by atoms with Crippen molar-refractivity contribution < 1.29 is 14.7 Å². The third-order valence-corrected chi connectivity index (χ3v) is 5.63. The van der Waals surface area contributed by atoms with Gasteiger partial charge in [0.2, 0.25) is 5.91 Å². The lowest BCUT2D eigenvalue weighted by molar-refractivity contribution is -0.148. The van der Waals surface area contributed by atoms with Gasteiger partial charge in [0.1, 0.15) is 5.54 Å². The molecule has 1 aromatic carbocycles. The number of pyridine rings is 1. The zero-order valence-corrected chi connectivity index (χ0v) is 16.0. The molecule has 0 radical (unpaired) electrons. The first-order valence-electron chi connectivity index (χ1n) is 8.72. The summed E-state index contributed by atoms with van der Waals surface area (Å²) in [4.78, 5) is 30.8. The molecular weight excluding hydrogens is 366 g/mol. The van der Waals surface area contributed by atoms with Gasteiger partial charge < -0.3 is 10.4 Å². The second kappa shape index (κ2) is 7.66. The summed E-state index contributed by atoms with van der Waals surface area (Å²) < 4.78 is 0. The maximum Gasteiger partial charge on any atom is 0.323 e. The van der Waals surface area contributed by atoms with Gasteiger partial charge in [-0.3, -0.25) is 19.5 Å². The maximum atomic E-state index is 12.9. The molecule has 7 heteroatoms. The van der Waals surface area contributed by atoms with Crippen LogP contribution in [0.4, 0.5) is 0 Å². The van der Waals surface area contributed by atoms with Crippen LogP contribution >= 0.6 is 11.6 Å². The molecule has 142 valence electrons. The smallest absolute Gasteiger partial charge is 0.323 e. The zero-order chi connectivity index (χ0) is 19.6. The Balaban J connectivity index is 1.86. The summed E-state index contributed by atoms with van der Waals surface area (Å²) in [6.45, 7) is 1.96. The highest BCUT2D eigenvalue weighted by atomic mass is 35.5. The molecule has 3 rings (SSSR count). The van der Waals surface area contributed by atoms with E-state index in [1.54, 1.807) is 37.2 Å². The number of nitrogens with one attached hydrogen (secondary N) is 1. The number of rotatable bonds is 5. The molecule has 2 aromatic rings. The van der Waals surface area contributed by atoms with E-state index in [1.807, 2.05) is 30.3 Å². The molecule has 6 nitrogen and oxygen atoms in total. The summed E-state index contributed by atoms with van der Waals surface area (Å²) in [5, 5.41) is 13.3. The van der Waals surface area contributed by atoms with Crippen LogP contribution in [0.5, 0.6) is 0 Å². The molecule has 1 amide bonds. The summed E-state index contributed by atoms with van der Waals surface area (Å²) in [7, 11) is 1.75. The highest BCUT2D eigenvalue weighted by Gasteiger charge is 2.54. The van der Waals surface area contributed by atoms with Gasteiger partial charge >= 0.3 is 5.97 Å². The van der Waals surface area contributed by atoms with E-state index in [1.165, 1.54) is 0 Å². The largest absolute Gasteiger partial charge is 0.480 e. The molecule has 0 unspecified atom stereocenters. The van der Waals surface area contributed by atoms with Crippen LogP contribution in [0.3, 0.4) is 0 Å². The van der Waals surface area contributed by atoms with Crippen molar-refractivity contribution in [2.45, 2.75) is 31.5 Å². The van der Waals surface area contributed by atoms with Gasteiger partial charge in [-0.05, 0) is 50.2 Å². The van der Waals surface area contributed by atoms with Gasteiger partial charge in [0.25, 0.3) is 0 Å². The van der Waals surface area contributed by atoms with Crippen LogP contribution in [-0.4, -0.2) is 39.5 Å². The molecule has 1 aromatic heterocycles. The van der Waals surface area contributed by atoms with Gasteiger partial charge in [-0.15, -0.1) is 0 Å². The van der Waals surface area contributed by atoms with Crippen molar-refractivity contribution in [1.29, 1.82) is 0 Å². The van der Waals surface area contributed by atoms with E-state index in [-0.39, 0.29) is 18.4 Å². The number of carbonyl (C=O) groups excluding carboxylic acids is 1. The molecule has 0 aliphatic carbocycles. The SMILES string of the molecule is CN1[C@@H](c2ccc(Cl)cc2)[C@@H](C(=O)NCc2ccccn2)C[C@@]1(C)C(=O)O. The molecule has 1 fully saturated rings. The van der Waals surface area contributed by atoms with E-state index in [0.29, 0.717) is 11.6 Å². The van der Waals surface area contributed by atoms with Gasteiger partial charge in [-0.25, -0.2) is 0 Å². The predicted molar refractivity (Wildman–Crippen MR) is 102 cm³/mol. The van der Waals surface area contributed by atoms with E-state index in [9.17, 15) is 14.7 Å². The van der Waals surface area contributed by atoms with Crippen LogP contribution in [-0.2, 0) is 16.1 Å². The number of nitrogens with zero attached hydrogens (tertiary/aromatic N) is 2. The Morgan fingerprint density at radius 2 is 2.00 bits per heavy atom. The fourth-order valence-electron chi connectivity index (χ4n) is 3.66. The maximum absolute atomic E-state index is 12.9. The molecule has 27 heavy (non-hydrogen) atoms. The Kier molecular flexibility index (Phi) is 5.48. The number of carboxylic acid groups (broad SMARTS) is 1. The van der Waals surface area contributed by atoms with E-state index < -0.39 is 17.4 Å². The average molecular weight is 388 g/mol. The molecule has 3 atom stereocenters. The lowest BCUT2D eigenvalue weighted by Gasteiger charge is -2.32. The van der Waals surface area contributed by atoms with Crippen LogP contribution < -0.4 is 5.32 Å². The summed E-state index contributed by atoms with van der Waals surface area (Å²) >= 11 is 5.98. The van der Waals surface area contributed by atoms with Crippen molar-refractivity contribution in [3.8, 4) is 0 Å². The third kappa shape index (κ3) is 3.82. The Bertz CT molecular complexity index is 828. The number of aromatic nitrogens is 1. The quantitative estimate of drug-likeness (QED) is 0.824. The van der Waals surface area contributed by atoms with Crippen LogP contribution in [0, 0.1) is 5.92 Å². The van der Waals surface area contributed by atoms with E-state index in [4.69, 9.17) is 11.6 Å². The predicted octanol–water partition coefficient (Wildman–Crippen LogP) is 2.89. The second-order valence-corrected chi connectivity index (χ2v) is 7.47. The molecule has 0 saturated carbocycles. The topological polar surface area (TPSA) is 82.5 Å². The summed E-state index contributed by atoms with van der Waals surface area (Å²) in [5.41, 5.74) is 0.489. The van der Waals surface area contributed by atoms with E-state index in [2.05, 4.69) is 10.3 Å². The Hall–Kier alpha value is -2.44. The number of likely N-dealkylation sites (N-methyl/N-ethyl adjacent to an activating group) is 1.